The molecule has 1 aromatic carbocycles. The highest BCUT2D eigenvalue weighted by molar-refractivity contribution is 5.92. The van der Waals surface area contributed by atoms with Crippen molar-refractivity contribution < 1.29 is 9.18 Å². The third-order valence-corrected chi connectivity index (χ3v) is 7.09. The van der Waals surface area contributed by atoms with Crippen LogP contribution in [0, 0.1) is 5.82 Å². The molecular formula is C25H28FN5O2. The van der Waals surface area contributed by atoms with Crippen LogP contribution in [0.15, 0.2) is 47.4 Å². The maximum absolute atomic E-state index is 14.0. The number of carbonyl (C=O) groups excluding carboxylic acids is 1. The molecule has 33 heavy (non-hydrogen) atoms. The van der Waals surface area contributed by atoms with Gasteiger partial charge in [0.15, 0.2) is 0 Å². The molecule has 3 aromatic rings. The fourth-order valence-electron chi connectivity index (χ4n) is 5.27. The van der Waals surface area contributed by atoms with Crippen molar-refractivity contribution in [1.29, 1.82) is 0 Å². The number of fused-ring (bicyclic) bond motifs is 1. The Hall–Kier alpha value is -3.26. The number of rotatable bonds is 4. The van der Waals surface area contributed by atoms with Crippen molar-refractivity contribution in [2.75, 3.05) is 38.1 Å². The highest BCUT2D eigenvalue weighted by Gasteiger charge is 2.32. The maximum atomic E-state index is 14.0. The summed E-state index contributed by atoms with van der Waals surface area (Å²) >= 11 is 0. The number of nitrogens with zero attached hydrogens (tertiary/aromatic N) is 3. The molecule has 0 unspecified atom stereocenters. The first-order valence-electron chi connectivity index (χ1n) is 11.5. The van der Waals surface area contributed by atoms with Gasteiger partial charge in [-0.25, -0.2) is 9.37 Å². The van der Waals surface area contributed by atoms with Crippen LogP contribution in [0.5, 0.6) is 0 Å². The Bertz CT molecular complexity index is 1220. The fourth-order valence-corrected chi connectivity index (χ4v) is 5.27. The largest absolute Gasteiger partial charge is 0.368 e. The Balaban J connectivity index is 1.21. The molecule has 2 atom stereocenters. The number of pyridine rings is 2. The molecule has 1 aliphatic heterocycles. The molecule has 5 rings (SSSR count). The van der Waals surface area contributed by atoms with Gasteiger partial charge in [0, 0.05) is 50.9 Å². The molecule has 2 aromatic heterocycles. The zero-order valence-electron chi connectivity index (χ0n) is 18.7. The standard InChI is InChI=1S/C25H28FN5O2/c1-27-24(32)21-8-7-19(15-28-21)31-11-9-30(10-12-31)18-6-5-16(13-18)22-14-17-3-2-4-20(26)23(17)25(33)29-22/h2-4,7-8,14-16,18H,5-6,9-13H2,1H3,(H,27,32)(H,29,33)/t16-,18-/m1/s1. The molecule has 2 N–H and O–H groups in total. The lowest BCUT2D eigenvalue weighted by Gasteiger charge is -2.39. The quantitative estimate of drug-likeness (QED) is 0.640. The molecule has 0 spiro atoms. The molecule has 2 aliphatic rings. The van der Waals surface area contributed by atoms with Crippen molar-refractivity contribution in [3.63, 3.8) is 0 Å². The number of hydrogen-bond donors (Lipinski definition) is 2. The van der Waals surface area contributed by atoms with E-state index < -0.39 is 5.82 Å². The lowest BCUT2D eigenvalue weighted by atomic mass is 10.00. The molecule has 1 saturated carbocycles. The van der Waals surface area contributed by atoms with Gasteiger partial charge in [-0.15, -0.1) is 0 Å². The minimum Gasteiger partial charge on any atom is -0.368 e. The van der Waals surface area contributed by atoms with Crippen LogP contribution in [0.2, 0.25) is 0 Å². The first-order chi connectivity index (χ1) is 16.0. The van der Waals surface area contributed by atoms with Gasteiger partial charge in [0.1, 0.15) is 11.5 Å². The highest BCUT2D eigenvalue weighted by atomic mass is 19.1. The third-order valence-electron chi connectivity index (χ3n) is 7.09. The van der Waals surface area contributed by atoms with Crippen LogP contribution in [0.25, 0.3) is 10.8 Å². The molecule has 1 amide bonds. The summed E-state index contributed by atoms with van der Waals surface area (Å²) in [6.45, 7) is 3.75. The van der Waals surface area contributed by atoms with Gasteiger partial charge in [0.25, 0.3) is 11.5 Å². The van der Waals surface area contributed by atoms with E-state index in [2.05, 4.69) is 25.1 Å². The summed E-state index contributed by atoms with van der Waals surface area (Å²) in [5.74, 6) is -0.365. The number of benzene rings is 1. The third kappa shape index (κ3) is 4.23. The van der Waals surface area contributed by atoms with E-state index >= 15 is 0 Å². The van der Waals surface area contributed by atoms with Crippen LogP contribution in [0.3, 0.4) is 0 Å². The van der Waals surface area contributed by atoms with Gasteiger partial charge in [0.2, 0.25) is 0 Å². The number of halogens is 1. The van der Waals surface area contributed by atoms with Gasteiger partial charge in [-0.3, -0.25) is 14.5 Å². The van der Waals surface area contributed by atoms with Crippen molar-refractivity contribution >= 4 is 22.4 Å². The van der Waals surface area contributed by atoms with Gasteiger partial charge in [-0.1, -0.05) is 12.1 Å². The lowest BCUT2D eigenvalue weighted by Crippen LogP contribution is -2.49. The van der Waals surface area contributed by atoms with Gasteiger partial charge >= 0.3 is 0 Å². The predicted octanol–water partition coefficient (Wildman–Crippen LogP) is 2.88. The molecule has 0 bridgehead atoms. The first kappa shape index (κ1) is 21.6. The summed E-state index contributed by atoms with van der Waals surface area (Å²) in [7, 11) is 1.60. The summed E-state index contributed by atoms with van der Waals surface area (Å²) in [5, 5.41) is 3.40. The van der Waals surface area contributed by atoms with Crippen molar-refractivity contribution in [2.45, 2.75) is 31.2 Å². The number of piperazine rings is 1. The predicted molar refractivity (Wildman–Crippen MR) is 126 cm³/mol. The van der Waals surface area contributed by atoms with E-state index in [4.69, 9.17) is 0 Å². The zero-order chi connectivity index (χ0) is 22.9. The summed E-state index contributed by atoms with van der Waals surface area (Å²) in [5.41, 5.74) is 2.04. The molecule has 1 saturated heterocycles. The fraction of sp³-hybridized carbons (Fsp3) is 0.400. The van der Waals surface area contributed by atoms with Crippen LogP contribution in [-0.4, -0.2) is 60.0 Å². The number of H-pyrrole nitrogens is 1. The topological polar surface area (TPSA) is 81.3 Å². The summed E-state index contributed by atoms with van der Waals surface area (Å²) in [6.07, 6.45) is 4.88. The second kappa shape index (κ2) is 8.94. The minimum absolute atomic E-state index is 0.143. The molecule has 7 nitrogen and oxygen atoms in total. The normalized spacial score (nSPS) is 21.5. The van der Waals surface area contributed by atoms with E-state index in [9.17, 15) is 14.0 Å². The number of amides is 1. The molecule has 2 fully saturated rings. The average molecular weight is 450 g/mol. The van der Waals surface area contributed by atoms with Gasteiger partial charge in [-0.05, 0) is 48.9 Å². The molecule has 1 aliphatic carbocycles. The van der Waals surface area contributed by atoms with Gasteiger partial charge < -0.3 is 15.2 Å². The van der Waals surface area contributed by atoms with Crippen LogP contribution >= 0.6 is 0 Å². The van der Waals surface area contributed by atoms with E-state index in [0.29, 0.717) is 17.1 Å². The number of carbonyl (C=O) groups is 1. The first-order valence-corrected chi connectivity index (χ1v) is 11.5. The van der Waals surface area contributed by atoms with E-state index in [1.165, 1.54) is 6.07 Å². The summed E-state index contributed by atoms with van der Waals surface area (Å²) in [4.78, 5) is 36.2. The van der Waals surface area contributed by atoms with Crippen molar-refractivity contribution in [2.24, 2.45) is 0 Å². The van der Waals surface area contributed by atoms with Crippen LogP contribution in [-0.2, 0) is 0 Å². The summed E-state index contributed by atoms with van der Waals surface area (Å²) < 4.78 is 14.0. The number of aromatic nitrogens is 2. The number of aromatic amines is 1. The van der Waals surface area contributed by atoms with Crippen molar-refractivity contribution in [3.8, 4) is 0 Å². The van der Waals surface area contributed by atoms with Gasteiger partial charge in [-0.2, -0.15) is 0 Å². The lowest BCUT2D eigenvalue weighted by molar-refractivity contribution is 0.0958. The smallest absolute Gasteiger partial charge is 0.269 e. The summed E-state index contributed by atoms with van der Waals surface area (Å²) in [6, 6.07) is 10.9. The Morgan fingerprint density at radius 1 is 1.15 bits per heavy atom. The molecule has 8 heteroatoms. The molecular weight excluding hydrogens is 421 g/mol. The zero-order valence-corrected chi connectivity index (χ0v) is 18.7. The van der Waals surface area contributed by atoms with Crippen LogP contribution in [0.4, 0.5) is 10.1 Å². The number of hydrogen-bond acceptors (Lipinski definition) is 5. The van der Waals surface area contributed by atoms with E-state index in [1.54, 1.807) is 31.4 Å². The van der Waals surface area contributed by atoms with E-state index in [1.807, 2.05) is 12.1 Å². The van der Waals surface area contributed by atoms with E-state index in [0.717, 1.165) is 56.8 Å². The minimum atomic E-state index is -0.471. The Morgan fingerprint density at radius 3 is 2.70 bits per heavy atom. The maximum Gasteiger partial charge on any atom is 0.269 e. The Labute approximate surface area is 191 Å². The Morgan fingerprint density at radius 2 is 1.97 bits per heavy atom. The SMILES string of the molecule is CNC(=O)c1ccc(N2CCN([C@@H]3CC[C@@H](c4cc5cccc(F)c5c(=O)[nH]4)C3)CC2)cn1. The molecule has 3 heterocycles. The van der Waals surface area contributed by atoms with Crippen LogP contribution < -0.4 is 15.8 Å². The number of anilines is 1. The van der Waals surface area contributed by atoms with Gasteiger partial charge in [0.05, 0.1) is 17.3 Å². The Kier molecular flexibility index (Phi) is 5.85. The highest BCUT2D eigenvalue weighted by Crippen LogP contribution is 2.37. The monoisotopic (exact) mass is 449 g/mol. The average Bonchev–Trinajstić information content (AvgIpc) is 3.34. The van der Waals surface area contributed by atoms with E-state index in [-0.39, 0.29) is 22.8 Å². The number of nitrogens with one attached hydrogen (secondary N) is 2. The molecule has 0 radical (unpaired) electrons. The second-order valence-corrected chi connectivity index (χ2v) is 8.93. The second-order valence-electron chi connectivity index (χ2n) is 8.93. The van der Waals surface area contributed by atoms with Crippen molar-refractivity contribution in [3.05, 3.63) is 70.2 Å². The van der Waals surface area contributed by atoms with Crippen LogP contribution in [0.1, 0.15) is 41.4 Å². The molecule has 172 valence electrons. The van der Waals surface area contributed by atoms with Crippen molar-refractivity contribution in [1.82, 2.24) is 20.2 Å².